The molecule has 7 rings (SSSR count). The number of aromatic hydroxyl groups is 1. The molecule has 0 spiro atoms. The van der Waals surface area contributed by atoms with Gasteiger partial charge in [0.15, 0.2) is 11.6 Å². The number of fused-ring (bicyclic) bond motifs is 4. The van der Waals surface area contributed by atoms with Crippen LogP contribution in [0.1, 0.15) is 41.0 Å². The smallest absolute Gasteiger partial charge is 0.257 e. The lowest BCUT2D eigenvalue weighted by Crippen LogP contribution is -2.58. The van der Waals surface area contributed by atoms with Crippen molar-refractivity contribution in [2.75, 3.05) is 0 Å². The molecule has 3 aromatic rings. The Morgan fingerprint density at radius 1 is 0.886 bits per heavy atom. The van der Waals surface area contributed by atoms with Crippen molar-refractivity contribution in [2.45, 2.75) is 30.6 Å². The Kier molecular flexibility index (Phi) is 6.59. The van der Waals surface area contributed by atoms with Gasteiger partial charge in [0.1, 0.15) is 5.75 Å². The molecule has 2 N–H and O–H groups in total. The fourth-order valence-corrected chi connectivity index (χ4v) is 8.37. The quantitative estimate of drug-likeness (QED) is 0.238. The summed E-state index contributed by atoms with van der Waals surface area (Å²) in [6, 6.07) is 23.7. The van der Waals surface area contributed by atoms with Gasteiger partial charge in [-0.15, -0.1) is 6.58 Å². The summed E-state index contributed by atoms with van der Waals surface area (Å²) in [7, 11) is 0. The zero-order valence-electron chi connectivity index (χ0n) is 23.9. The number of para-hydroxylation sites is 1. The maximum Gasteiger partial charge on any atom is 0.257 e. The fourth-order valence-electron chi connectivity index (χ4n) is 8.37. The SMILES string of the molecule is C=CCc1cccc([C@H]2C3=CC[C@@H]4C(=O)N(O)C(=O)[C@@H]4[C@@H]3C[C@H]3C(=O)C(c4ccccc4)=CC(=O)[C@@]23c2ccccc2)c1O. The second-order valence-electron chi connectivity index (χ2n) is 12.1. The highest BCUT2D eigenvalue weighted by molar-refractivity contribution is 6.31. The largest absolute Gasteiger partial charge is 0.507 e. The molecule has 1 saturated heterocycles. The Hall–Kier alpha value is -4.88. The molecule has 7 heteroatoms. The number of Topliss-reactive ketones (excluding diaryl/α,β-unsaturated/α-hetero) is 1. The van der Waals surface area contributed by atoms with Crippen LogP contribution in [0.2, 0.25) is 0 Å². The Labute approximate surface area is 254 Å². The predicted molar refractivity (Wildman–Crippen MR) is 162 cm³/mol. The minimum absolute atomic E-state index is 0.00539. The van der Waals surface area contributed by atoms with Crippen molar-refractivity contribution in [3.8, 4) is 5.75 Å². The molecule has 0 radical (unpaired) electrons. The first-order chi connectivity index (χ1) is 21.3. The van der Waals surface area contributed by atoms with E-state index in [-0.39, 0.29) is 35.2 Å². The van der Waals surface area contributed by atoms with Crippen molar-refractivity contribution in [1.29, 1.82) is 0 Å². The van der Waals surface area contributed by atoms with Gasteiger partial charge in [-0.25, -0.2) is 0 Å². The Morgan fingerprint density at radius 2 is 1.59 bits per heavy atom. The van der Waals surface area contributed by atoms with Crippen molar-refractivity contribution in [3.63, 3.8) is 0 Å². The highest BCUT2D eigenvalue weighted by Crippen LogP contribution is 2.64. The second-order valence-corrected chi connectivity index (χ2v) is 12.1. The van der Waals surface area contributed by atoms with E-state index in [0.29, 0.717) is 34.2 Å². The van der Waals surface area contributed by atoms with Crippen LogP contribution in [0.5, 0.6) is 5.75 Å². The van der Waals surface area contributed by atoms with E-state index in [4.69, 9.17) is 0 Å². The molecule has 1 aliphatic heterocycles. The van der Waals surface area contributed by atoms with Crippen LogP contribution in [0.15, 0.2) is 109 Å². The first-order valence-corrected chi connectivity index (χ1v) is 14.9. The number of phenolic OH excluding ortho intramolecular Hbond substituents is 1. The van der Waals surface area contributed by atoms with Crippen molar-refractivity contribution in [3.05, 3.63) is 131 Å². The minimum Gasteiger partial charge on any atom is -0.507 e. The van der Waals surface area contributed by atoms with Crippen LogP contribution in [-0.2, 0) is 31.0 Å². The molecule has 3 aliphatic carbocycles. The summed E-state index contributed by atoms with van der Waals surface area (Å²) in [4.78, 5) is 56.0. The lowest BCUT2D eigenvalue weighted by molar-refractivity contribution is -0.173. The number of allylic oxidation sites excluding steroid dienone is 5. The molecule has 220 valence electrons. The predicted octanol–water partition coefficient (Wildman–Crippen LogP) is 5.33. The van der Waals surface area contributed by atoms with Gasteiger partial charge in [-0.2, -0.15) is 5.06 Å². The number of carbonyl (C=O) groups excluding carboxylic acids is 4. The van der Waals surface area contributed by atoms with Gasteiger partial charge in [0.25, 0.3) is 11.8 Å². The summed E-state index contributed by atoms with van der Waals surface area (Å²) in [5, 5.41) is 22.4. The van der Waals surface area contributed by atoms with Gasteiger partial charge in [-0.1, -0.05) is 96.6 Å². The molecular formula is C37H31NO6. The highest BCUT2D eigenvalue weighted by atomic mass is 16.5. The summed E-state index contributed by atoms with van der Waals surface area (Å²) in [5.41, 5.74) is 1.96. The summed E-state index contributed by atoms with van der Waals surface area (Å²) in [5.74, 6) is -5.81. The number of carbonyl (C=O) groups is 4. The number of amides is 2. The third kappa shape index (κ3) is 3.78. The van der Waals surface area contributed by atoms with Crippen LogP contribution in [0.25, 0.3) is 5.57 Å². The molecule has 2 fully saturated rings. The van der Waals surface area contributed by atoms with E-state index in [2.05, 4.69) is 6.58 Å². The summed E-state index contributed by atoms with van der Waals surface area (Å²) < 4.78 is 0. The van der Waals surface area contributed by atoms with Crippen LogP contribution in [0.3, 0.4) is 0 Å². The topological polar surface area (TPSA) is 112 Å². The molecule has 0 unspecified atom stereocenters. The lowest BCUT2D eigenvalue weighted by atomic mass is 9.44. The average molecular weight is 586 g/mol. The Balaban J connectivity index is 1.54. The van der Waals surface area contributed by atoms with E-state index in [9.17, 15) is 29.5 Å². The van der Waals surface area contributed by atoms with Crippen molar-refractivity contribution in [1.82, 2.24) is 5.06 Å². The summed E-state index contributed by atoms with van der Waals surface area (Å²) in [6.45, 7) is 3.82. The van der Waals surface area contributed by atoms with Gasteiger partial charge in [-0.3, -0.25) is 24.4 Å². The van der Waals surface area contributed by atoms with Gasteiger partial charge >= 0.3 is 0 Å². The van der Waals surface area contributed by atoms with E-state index in [1.54, 1.807) is 30.3 Å². The Morgan fingerprint density at radius 3 is 2.30 bits per heavy atom. The van der Waals surface area contributed by atoms with Crippen molar-refractivity contribution in [2.24, 2.45) is 23.7 Å². The van der Waals surface area contributed by atoms with Crippen LogP contribution in [0, 0.1) is 23.7 Å². The van der Waals surface area contributed by atoms with E-state index in [1.165, 1.54) is 6.08 Å². The Bertz CT molecular complexity index is 1790. The second kappa shape index (κ2) is 10.4. The summed E-state index contributed by atoms with van der Waals surface area (Å²) in [6.07, 6.45) is 5.75. The normalized spacial score (nSPS) is 29.4. The molecule has 44 heavy (non-hydrogen) atoms. The van der Waals surface area contributed by atoms with E-state index in [0.717, 1.165) is 5.57 Å². The zero-order chi connectivity index (χ0) is 30.7. The van der Waals surface area contributed by atoms with E-state index in [1.807, 2.05) is 60.7 Å². The first kappa shape index (κ1) is 27.9. The van der Waals surface area contributed by atoms with E-state index >= 15 is 0 Å². The highest BCUT2D eigenvalue weighted by Gasteiger charge is 2.66. The van der Waals surface area contributed by atoms with Crippen LogP contribution in [-0.4, -0.2) is 38.8 Å². The van der Waals surface area contributed by atoms with E-state index < -0.39 is 46.8 Å². The number of hydrogen-bond donors (Lipinski definition) is 2. The van der Waals surface area contributed by atoms with Gasteiger partial charge in [0.2, 0.25) is 0 Å². The average Bonchev–Trinajstić information content (AvgIpc) is 3.27. The number of hydrogen-bond acceptors (Lipinski definition) is 6. The monoisotopic (exact) mass is 585 g/mol. The lowest BCUT2D eigenvalue weighted by Gasteiger charge is -2.55. The van der Waals surface area contributed by atoms with Crippen molar-refractivity contribution < 1.29 is 29.5 Å². The molecule has 4 aliphatic rings. The van der Waals surface area contributed by atoms with Gasteiger partial charge in [-0.05, 0) is 47.9 Å². The van der Waals surface area contributed by atoms with Gasteiger partial charge in [0.05, 0.1) is 17.3 Å². The van der Waals surface area contributed by atoms with Crippen LogP contribution in [0.4, 0.5) is 0 Å². The molecule has 1 heterocycles. The number of benzene rings is 3. The maximum absolute atomic E-state index is 14.9. The minimum atomic E-state index is -1.43. The zero-order valence-corrected chi connectivity index (χ0v) is 23.9. The summed E-state index contributed by atoms with van der Waals surface area (Å²) >= 11 is 0. The number of nitrogens with zero attached hydrogens (tertiary/aromatic N) is 1. The third-order valence-electron chi connectivity index (χ3n) is 10.2. The van der Waals surface area contributed by atoms with Crippen molar-refractivity contribution >= 4 is 29.0 Å². The molecule has 0 bridgehead atoms. The standard InChI is InChI=1S/C37H31NO6/c1-2-10-22-13-9-16-26(33(22)40)32-24-17-18-25-31(36(43)38(44)35(25)42)28(24)19-29-34(41)27(21-11-5-3-6-12-21)20-30(39)37(29,32)23-14-7-4-8-15-23/h2-9,11-17,20,25,28-29,31-32,40,44H,1,10,18-19H2/t25-,28+,29-,31-,32+,37-/m0/s1. The van der Waals surface area contributed by atoms with Crippen LogP contribution >= 0.6 is 0 Å². The number of imide groups is 1. The first-order valence-electron chi connectivity index (χ1n) is 14.9. The molecule has 0 aromatic heterocycles. The maximum atomic E-state index is 14.9. The third-order valence-corrected chi connectivity index (χ3v) is 10.2. The fraction of sp³-hybridized carbons (Fsp3) is 0.243. The molecular weight excluding hydrogens is 554 g/mol. The van der Waals surface area contributed by atoms with Gasteiger partial charge in [0, 0.05) is 23.0 Å². The van der Waals surface area contributed by atoms with Gasteiger partial charge < -0.3 is 5.11 Å². The number of ketones is 2. The molecule has 2 amide bonds. The molecule has 3 aromatic carbocycles. The number of phenols is 1. The molecule has 7 nitrogen and oxygen atoms in total. The number of rotatable bonds is 5. The number of hydroxylamine groups is 2. The molecule has 1 saturated carbocycles. The van der Waals surface area contributed by atoms with Crippen LogP contribution < -0.4 is 0 Å². The molecule has 6 atom stereocenters.